The molecule has 0 saturated carbocycles. The molecule has 0 radical (unpaired) electrons. The number of halogens is 1. The molecule has 8 heteroatoms. The van der Waals surface area contributed by atoms with Crippen molar-refractivity contribution in [1.29, 1.82) is 0 Å². The number of aliphatic hydroxyl groups is 1. The van der Waals surface area contributed by atoms with Crippen LogP contribution in [0.25, 0.3) is 0 Å². The van der Waals surface area contributed by atoms with Crippen molar-refractivity contribution in [2.45, 2.75) is 10.5 Å². The number of hydrogen-bond acceptors (Lipinski definition) is 4. The number of sulfonamides is 1. The highest BCUT2D eigenvalue weighted by molar-refractivity contribution is 7.89. The maximum Gasteiger partial charge on any atom is 0.268 e. The van der Waals surface area contributed by atoms with Gasteiger partial charge in [0.05, 0.1) is 10.6 Å². The Labute approximate surface area is 138 Å². The first-order valence-corrected chi connectivity index (χ1v) is 8.52. The quantitative estimate of drug-likeness (QED) is 0.848. The Balaban J connectivity index is 2.19. The van der Waals surface area contributed by atoms with Crippen LogP contribution in [-0.4, -0.2) is 26.5 Å². The second-order valence-corrected chi connectivity index (χ2v) is 7.30. The number of hydrogen-bond donors (Lipinski definition) is 2. The van der Waals surface area contributed by atoms with Gasteiger partial charge in [-0.1, -0.05) is 23.7 Å². The summed E-state index contributed by atoms with van der Waals surface area (Å²) in [6.45, 7) is 0. The van der Waals surface area contributed by atoms with Crippen molar-refractivity contribution in [3.05, 3.63) is 58.6 Å². The van der Waals surface area contributed by atoms with Crippen LogP contribution < -0.4 is 10.0 Å². The average Bonchev–Trinajstić information content (AvgIpc) is 2.69. The first kappa shape index (κ1) is 15.9. The Kier molecular flexibility index (Phi) is 3.49. The van der Waals surface area contributed by atoms with Crippen molar-refractivity contribution >= 4 is 33.2 Å². The monoisotopic (exact) mass is 352 g/mol. The van der Waals surface area contributed by atoms with Crippen molar-refractivity contribution in [2.24, 2.45) is 5.14 Å². The number of primary sulfonamides is 1. The maximum absolute atomic E-state index is 12.6. The van der Waals surface area contributed by atoms with E-state index in [2.05, 4.69) is 0 Å². The molecular formula is C15H13ClN2O4S. The molecule has 2 aromatic rings. The van der Waals surface area contributed by atoms with Gasteiger partial charge >= 0.3 is 0 Å². The third-order valence-corrected chi connectivity index (χ3v) is 5.09. The SMILES string of the molecule is CN1C(=O)C(O)(c2ccc(S(N)(=O)=O)cc2)c2cc(Cl)ccc21. The van der Waals surface area contributed by atoms with E-state index in [9.17, 15) is 18.3 Å². The van der Waals surface area contributed by atoms with E-state index in [1.807, 2.05) is 0 Å². The molecule has 1 aliphatic heterocycles. The van der Waals surface area contributed by atoms with Gasteiger partial charge in [0.15, 0.2) is 5.60 Å². The van der Waals surface area contributed by atoms with Crippen molar-refractivity contribution in [1.82, 2.24) is 0 Å². The molecule has 0 aromatic heterocycles. The molecule has 0 saturated heterocycles. The molecule has 1 unspecified atom stereocenters. The number of likely N-dealkylation sites (N-methyl/N-ethyl adjacent to an activating group) is 1. The molecular weight excluding hydrogens is 340 g/mol. The Morgan fingerprint density at radius 1 is 1.17 bits per heavy atom. The number of carbonyl (C=O) groups excluding carboxylic acids is 1. The van der Waals surface area contributed by atoms with Gasteiger partial charge in [-0.3, -0.25) is 4.79 Å². The fourth-order valence-corrected chi connectivity index (χ4v) is 3.41. The Morgan fingerprint density at radius 3 is 2.35 bits per heavy atom. The first-order chi connectivity index (χ1) is 10.7. The van der Waals surface area contributed by atoms with Crippen LogP contribution >= 0.6 is 11.6 Å². The summed E-state index contributed by atoms with van der Waals surface area (Å²) in [5, 5.41) is 16.5. The van der Waals surface area contributed by atoms with E-state index in [1.165, 1.54) is 35.2 Å². The number of carbonyl (C=O) groups is 1. The summed E-state index contributed by atoms with van der Waals surface area (Å²) in [5.41, 5.74) is -0.799. The first-order valence-electron chi connectivity index (χ1n) is 6.59. The highest BCUT2D eigenvalue weighted by atomic mass is 35.5. The highest BCUT2D eigenvalue weighted by Crippen LogP contribution is 2.44. The zero-order valence-electron chi connectivity index (χ0n) is 12.0. The zero-order valence-corrected chi connectivity index (χ0v) is 13.6. The molecule has 0 fully saturated rings. The van der Waals surface area contributed by atoms with Crippen LogP contribution in [0.15, 0.2) is 47.4 Å². The maximum atomic E-state index is 12.6. The fourth-order valence-electron chi connectivity index (χ4n) is 2.72. The van der Waals surface area contributed by atoms with Crippen molar-refractivity contribution < 1.29 is 18.3 Å². The number of fused-ring (bicyclic) bond motifs is 1. The molecule has 23 heavy (non-hydrogen) atoms. The highest BCUT2D eigenvalue weighted by Gasteiger charge is 2.49. The molecule has 120 valence electrons. The van der Waals surface area contributed by atoms with Crippen LogP contribution in [0.1, 0.15) is 11.1 Å². The molecule has 1 aliphatic rings. The number of nitrogens with zero attached hydrogens (tertiary/aromatic N) is 1. The Morgan fingerprint density at radius 2 is 1.78 bits per heavy atom. The van der Waals surface area contributed by atoms with Gasteiger partial charge in [-0.25, -0.2) is 13.6 Å². The lowest BCUT2D eigenvalue weighted by atomic mass is 9.87. The summed E-state index contributed by atoms with van der Waals surface area (Å²) in [6, 6.07) is 10.0. The molecule has 1 heterocycles. The molecule has 3 rings (SSSR count). The molecule has 6 nitrogen and oxygen atoms in total. The summed E-state index contributed by atoms with van der Waals surface area (Å²) in [4.78, 5) is 13.8. The lowest BCUT2D eigenvalue weighted by molar-refractivity contribution is -0.131. The second-order valence-electron chi connectivity index (χ2n) is 5.31. The lowest BCUT2D eigenvalue weighted by Crippen LogP contribution is -2.39. The molecule has 1 amide bonds. The number of anilines is 1. The van der Waals surface area contributed by atoms with E-state index in [0.717, 1.165) is 0 Å². The fraction of sp³-hybridized carbons (Fsp3) is 0.133. The predicted octanol–water partition coefficient (Wildman–Crippen LogP) is 1.20. The lowest BCUT2D eigenvalue weighted by Gasteiger charge is -2.22. The van der Waals surface area contributed by atoms with Gasteiger partial charge in [-0.2, -0.15) is 0 Å². The third-order valence-electron chi connectivity index (χ3n) is 3.92. The van der Waals surface area contributed by atoms with Crippen molar-refractivity contribution in [3.8, 4) is 0 Å². The van der Waals surface area contributed by atoms with Crippen LogP contribution in [0.2, 0.25) is 5.02 Å². The standard InChI is InChI=1S/C15H13ClN2O4S/c1-18-13-7-4-10(16)8-12(13)15(20,14(18)19)9-2-5-11(6-3-9)23(17,21)22/h2-8,20H,1H3,(H2,17,21,22). The molecule has 1 atom stereocenters. The van der Waals surface area contributed by atoms with E-state index in [4.69, 9.17) is 16.7 Å². The molecule has 2 aromatic carbocycles. The second kappa shape index (κ2) is 5.04. The minimum absolute atomic E-state index is 0.102. The molecule has 3 N–H and O–H groups in total. The Bertz CT molecular complexity index is 912. The van der Waals surface area contributed by atoms with E-state index in [1.54, 1.807) is 19.2 Å². The summed E-state index contributed by atoms with van der Waals surface area (Å²) >= 11 is 5.98. The van der Waals surface area contributed by atoms with Gasteiger partial charge in [-0.15, -0.1) is 0 Å². The van der Waals surface area contributed by atoms with Gasteiger partial charge < -0.3 is 10.0 Å². The molecule has 0 bridgehead atoms. The van der Waals surface area contributed by atoms with Gasteiger partial charge in [0.1, 0.15) is 0 Å². The van der Waals surface area contributed by atoms with Crippen LogP contribution in [-0.2, 0) is 20.4 Å². The third kappa shape index (κ3) is 2.33. The number of benzene rings is 2. The summed E-state index contributed by atoms with van der Waals surface area (Å²) in [5.74, 6) is -0.543. The summed E-state index contributed by atoms with van der Waals surface area (Å²) in [7, 11) is -2.31. The Hall–Kier alpha value is -1.93. The van der Waals surface area contributed by atoms with Crippen LogP contribution in [0.3, 0.4) is 0 Å². The van der Waals surface area contributed by atoms with E-state index >= 15 is 0 Å². The van der Waals surface area contributed by atoms with Gasteiger partial charge in [0.2, 0.25) is 10.0 Å². The van der Waals surface area contributed by atoms with E-state index in [0.29, 0.717) is 16.3 Å². The smallest absolute Gasteiger partial charge is 0.268 e. The topological polar surface area (TPSA) is 101 Å². The van der Waals surface area contributed by atoms with Crippen LogP contribution in [0, 0.1) is 0 Å². The van der Waals surface area contributed by atoms with Crippen LogP contribution in [0.4, 0.5) is 5.69 Å². The zero-order chi connectivity index (χ0) is 17.0. The average molecular weight is 353 g/mol. The van der Waals surface area contributed by atoms with E-state index in [-0.39, 0.29) is 10.5 Å². The minimum atomic E-state index is -3.85. The van der Waals surface area contributed by atoms with E-state index < -0.39 is 21.5 Å². The predicted molar refractivity (Wildman–Crippen MR) is 85.7 cm³/mol. The number of amides is 1. The van der Waals surface area contributed by atoms with Gasteiger partial charge in [0, 0.05) is 17.6 Å². The molecule has 0 aliphatic carbocycles. The van der Waals surface area contributed by atoms with Gasteiger partial charge in [0.25, 0.3) is 5.91 Å². The minimum Gasteiger partial charge on any atom is -0.372 e. The molecule has 0 spiro atoms. The van der Waals surface area contributed by atoms with Crippen LogP contribution in [0.5, 0.6) is 0 Å². The summed E-state index contributed by atoms with van der Waals surface area (Å²) in [6.07, 6.45) is 0. The normalized spacial score (nSPS) is 20.7. The largest absolute Gasteiger partial charge is 0.372 e. The van der Waals surface area contributed by atoms with Gasteiger partial charge in [-0.05, 0) is 35.9 Å². The van der Waals surface area contributed by atoms with Crippen molar-refractivity contribution in [3.63, 3.8) is 0 Å². The van der Waals surface area contributed by atoms with Crippen molar-refractivity contribution in [2.75, 3.05) is 11.9 Å². The number of nitrogens with two attached hydrogens (primary N) is 1. The number of rotatable bonds is 2. The summed E-state index contributed by atoms with van der Waals surface area (Å²) < 4.78 is 22.7.